The molecule has 0 aliphatic heterocycles. The first-order valence-electron chi connectivity index (χ1n) is 9.91. The van der Waals surface area contributed by atoms with Gasteiger partial charge >= 0.3 is 6.09 Å². The van der Waals surface area contributed by atoms with Crippen LogP contribution in [0.4, 0.5) is 4.79 Å². The number of nitrogens with one attached hydrogen (secondary N) is 1. The highest BCUT2D eigenvalue weighted by atomic mass is 16.6. The molecule has 0 bridgehead atoms. The summed E-state index contributed by atoms with van der Waals surface area (Å²) < 4.78 is 7.61. The number of hydrogen-bond acceptors (Lipinski definition) is 3. The molecule has 0 aliphatic rings. The number of carbonyl (C=O) groups excluding carboxylic acids is 1. The molecule has 3 aromatic rings. The van der Waals surface area contributed by atoms with E-state index in [-0.39, 0.29) is 6.04 Å². The van der Waals surface area contributed by atoms with Crippen LogP contribution in [-0.4, -0.2) is 21.2 Å². The van der Waals surface area contributed by atoms with Gasteiger partial charge in [0.15, 0.2) is 0 Å². The van der Waals surface area contributed by atoms with Crippen LogP contribution in [0, 0.1) is 6.92 Å². The van der Waals surface area contributed by atoms with Gasteiger partial charge in [0.1, 0.15) is 11.4 Å². The van der Waals surface area contributed by atoms with Crippen molar-refractivity contribution in [2.75, 3.05) is 0 Å². The summed E-state index contributed by atoms with van der Waals surface area (Å²) in [5, 5.41) is 3.03. The van der Waals surface area contributed by atoms with Crippen LogP contribution >= 0.6 is 0 Å². The van der Waals surface area contributed by atoms with E-state index in [2.05, 4.69) is 34.1 Å². The Balaban J connectivity index is 1.89. The average molecular weight is 392 g/mol. The van der Waals surface area contributed by atoms with Gasteiger partial charge < -0.3 is 14.6 Å². The van der Waals surface area contributed by atoms with Crippen molar-refractivity contribution in [1.29, 1.82) is 0 Å². The Hall–Kier alpha value is -3.08. The molecule has 29 heavy (non-hydrogen) atoms. The zero-order chi connectivity index (χ0) is 20.9. The fourth-order valence-corrected chi connectivity index (χ4v) is 3.26. The second kappa shape index (κ2) is 8.95. The zero-order valence-electron chi connectivity index (χ0n) is 17.6. The Labute approximate surface area is 172 Å². The van der Waals surface area contributed by atoms with Crippen molar-refractivity contribution in [2.45, 2.75) is 52.3 Å². The van der Waals surface area contributed by atoms with Gasteiger partial charge in [-0.25, -0.2) is 9.78 Å². The zero-order valence-corrected chi connectivity index (χ0v) is 17.6. The number of amides is 1. The van der Waals surface area contributed by atoms with Crippen LogP contribution < -0.4 is 5.32 Å². The number of alkyl carbamates (subject to hydrolysis) is 1. The Kier molecular flexibility index (Phi) is 6.37. The van der Waals surface area contributed by atoms with Crippen molar-refractivity contribution in [3.05, 3.63) is 89.5 Å². The van der Waals surface area contributed by atoms with E-state index in [1.54, 1.807) is 0 Å². The van der Waals surface area contributed by atoms with E-state index in [0.29, 0.717) is 13.0 Å². The first-order chi connectivity index (χ1) is 13.8. The lowest BCUT2D eigenvalue weighted by atomic mass is 10.1. The Morgan fingerprint density at radius 3 is 2.21 bits per heavy atom. The van der Waals surface area contributed by atoms with E-state index in [1.807, 2.05) is 70.3 Å². The van der Waals surface area contributed by atoms with Crippen LogP contribution in [0.25, 0.3) is 0 Å². The fourth-order valence-electron chi connectivity index (χ4n) is 3.26. The summed E-state index contributed by atoms with van der Waals surface area (Å²) in [5.74, 6) is 0.820. The Morgan fingerprint density at radius 1 is 1.03 bits per heavy atom. The minimum Gasteiger partial charge on any atom is -0.444 e. The van der Waals surface area contributed by atoms with Gasteiger partial charge in [-0.05, 0) is 38.8 Å². The number of imidazole rings is 1. The van der Waals surface area contributed by atoms with Gasteiger partial charge in [0.05, 0.1) is 11.7 Å². The third-order valence-corrected chi connectivity index (χ3v) is 4.41. The molecule has 0 unspecified atom stereocenters. The highest BCUT2D eigenvalue weighted by molar-refractivity contribution is 5.68. The molecule has 2 aromatic carbocycles. The SMILES string of the molecule is Cc1cn(Cc2ccccc2)c([C@@H](Cc2ccccc2)NC(=O)OC(C)(C)C)n1. The van der Waals surface area contributed by atoms with Gasteiger partial charge in [-0.2, -0.15) is 0 Å². The summed E-state index contributed by atoms with van der Waals surface area (Å²) in [5.41, 5.74) is 2.67. The molecule has 0 saturated carbocycles. The summed E-state index contributed by atoms with van der Waals surface area (Å²) in [6, 6.07) is 20.0. The number of ether oxygens (including phenoxy) is 1. The second-order valence-corrected chi connectivity index (χ2v) is 8.24. The van der Waals surface area contributed by atoms with E-state index >= 15 is 0 Å². The maximum absolute atomic E-state index is 12.5. The lowest BCUT2D eigenvalue weighted by Gasteiger charge is -2.24. The predicted octanol–water partition coefficient (Wildman–Crippen LogP) is 5.05. The Bertz CT molecular complexity index is 928. The third kappa shape index (κ3) is 6.21. The molecule has 0 aliphatic carbocycles. The largest absolute Gasteiger partial charge is 0.444 e. The molecule has 1 atom stereocenters. The number of carbonyl (C=O) groups is 1. The summed E-state index contributed by atoms with van der Waals surface area (Å²) in [4.78, 5) is 17.3. The molecule has 5 heteroatoms. The molecule has 152 valence electrons. The molecule has 1 heterocycles. The van der Waals surface area contributed by atoms with E-state index < -0.39 is 11.7 Å². The lowest BCUT2D eigenvalue weighted by molar-refractivity contribution is 0.0500. The van der Waals surface area contributed by atoms with Gasteiger partial charge in [0, 0.05) is 19.2 Å². The summed E-state index contributed by atoms with van der Waals surface area (Å²) >= 11 is 0. The van der Waals surface area contributed by atoms with Crippen LogP contribution in [0.5, 0.6) is 0 Å². The maximum Gasteiger partial charge on any atom is 0.408 e. The molecule has 0 saturated heterocycles. The van der Waals surface area contributed by atoms with Crippen molar-refractivity contribution in [1.82, 2.24) is 14.9 Å². The number of rotatable bonds is 6. The lowest BCUT2D eigenvalue weighted by Crippen LogP contribution is -2.37. The molecule has 3 rings (SSSR count). The molecule has 0 fully saturated rings. The van der Waals surface area contributed by atoms with Crippen LogP contribution in [0.1, 0.15) is 49.5 Å². The van der Waals surface area contributed by atoms with E-state index in [4.69, 9.17) is 9.72 Å². The van der Waals surface area contributed by atoms with Crippen molar-refractivity contribution >= 4 is 6.09 Å². The molecular formula is C24H29N3O2. The maximum atomic E-state index is 12.5. The van der Waals surface area contributed by atoms with E-state index in [1.165, 1.54) is 5.56 Å². The van der Waals surface area contributed by atoms with Crippen molar-refractivity contribution in [3.8, 4) is 0 Å². The van der Waals surface area contributed by atoms with Crippen molar-refractivity contribution in [3.63, 3.8) is 0 Å². The normalized spacial score (nSPS) is 12.4. The van der Waals surface area contributed by atoms with Crippen LogP contribution in [0.2, 0.25) is 0 Å². The van der Waals surface area contributed by atoms with Crippen LogP contribution in [0.3, 0.4) is 0 Å². The molecule has 1 amide bonds. The van der Waals surface area contributed by atoms with Crippen LogP contribution in [-0.2, 0) is 17.7 Å². The second-order valence-electron chi connectivity index (χ2n) is 8.24. The molecule has 5 nitrogen and oxygen atoms in total. The molecule has 0 spiro atoms. The number of hydrogen-bond donors (Lipinski definition) is 1. The summed E-state index contributed by atoms with van der Waals surface area (Å²) in [6.45, 7) is 8.24. The van der Waals surface area contributed by atoms with Crippen molar-refractivity contribution in [2.24, 2.45) is 0 Å². The first kappa shape index (κ1) is 20.6. The summed E-state index contributed by atoms with van der Waals surface area (Å²) in [6.07, 6.45) is 2.22. The molecular weight excluding hydrogens is 362 g/mol. The van der Waals surface area contributed by atoms with Crippen molar-refractivity contribution < 1.29 is 9.53 Å². The number of benzene rings is 2. The predicted molar refractivity (Wildman–Crippen MR) is 115 cm³/mol. The van der Waals surface area contributed by atoms with E-state index in [9.17, 15) is 4.79 Å². The third-order valence-electron chi connectivity index (χ3n) is 4.41. The molecule has 0 radical (unpaired) electrons. The average Bonchev–Trinajstić information content (AvgIpc) is 3.01. The Morgan fingerprint density at radius 2 is 1.62 bits per heavy atom. The minimum absolute atomic E-state index is 0.301. The highest BCUT2D eigenvalue weighted by Gasteiger charge is 2.24. The summed E-state index contributed by atoms with van der Waals surface area (Å²) in [7, 11) is 0. The number of aryl methyl sites for hydroxylation is 1. The quantitative estimate of drug-likeness (QED) is 0.640. The fraction of sp³-hybridized carbons (Fsp3) is 0.333. The topological polar surface area (TPSA) is 56.2 Å². The van der Waals surface area contributed by atoms with Gasteiger partial charge in [-0.1, -0.05) is 60.7 Å². The van der Waals surface area contributed by atoms with Gasteiger partial charge in [0.25, 0.3) is 0 Å². The first-order valence-corrected chi connectivity index (χ1v) is 9.91. The molecule has 1 N–H and O–H groups in total. The monoisotopic (exact) mass is 391 g/mol. The number of aromatic nitrogens is 2. The smallest absolute Gasteiger partial charge is 0.408 e. The van der Waals surface area contributed by atoms with Crippen LogP contribution in [0.15, 0.2) is 66.9 Å². The highest BCUT2D eigenvalue weighted by Crippen LogP contribution is 2.21. The number of nitrogens with zero attached hydrogens (tertiary/aromatic N) is 2. The van der Waals surface area contributed by atoms with Gasteiger partial charge in [-0.3, -0.25) is 0 Å². The van der Waals surface area contributed by atoms with E-state index in [0.717, 1.165) is 17.1 Å². The minimum atomic E-state index is -0.559. The van der Waals surface area contributed by atoms with Gasteiger partial charge in [-0.15, -0.1) is 0 Å². The molecule has 1 aromatic heterocycles. The van der Waals surface area contributed by atoms with Gasteiger partial charge in [0.2, 0.25) is 0 Å². The standard InChI is InChI=1S/C24H29N3O2/c1-18-16-27(17-20-13-9-6-10-14-20)22(25-18)21(15-19-11-7-5-8-12-19)26-23(28)29-24(2,3)4/h5-14,16,21H,15,17H2,1-4H3,(H,26,28)/t21-/m1/s1.